The van der Waals surface area contributed by atoms with E-state index in [0.29, 0.717) is 0 Å². The van der Waals surface area contributed by atoms with Crippen molar-refractivity contribution >= 4 is 17.9 Å². The lowest BCUT2D eigenvalue weighted by atomic mass is 10.0. The van der Waals surface area contributed by atoms with Gasteiger partial charge in [-0.2, -0.15) is 0 Å². The fourth-order valence-corrected chi connectivity index (χ4v) is 1.13. The summed E-state index contributed by atoms with van der Waals surface area (Å²) >= 11 is 6.03. The summed E-state index contributed by atoms with van der Waals surface area (Å²) < 4.78 is 0. The fourth-order valence-electron chi connectivity index (χ4n) is 0.852. The van der Waals surface area contributed by atoms with Crippen molar-refractivity contribution in [2.45, 2.75) is 13.8 Å². The Morgan fingerprint density at radius 2 is 1.60 bits per heavy atom. The van der Waals surface area contributed by atoms with E-state index in [9.17, 15) is 0 Å². The first-order valence-corrected chi connectivity index (χ1v) is 4.11. The zero-order valence-corrected chi connectivity index (χ0v) is 8.02. The molecule has 0 saturated heterocycles. The van der Waals surface area contributed by atoms with Crippen molar-refractivity contribution in [3.05, 3.63) is 0 Å². The molecule has 0 aromatic rings. The van der Waals surface area contributed by atoms with E-state index in [1.807, 2.05) is 18.9 Å². The number of hydrogen-bond acceptors (Lipinski definition) is 2. The lowest BCUT2D eigenvalue weighted by molar-refractivity contribution is 0.440. The minimum absolute atomic E-state index is 0.0370. The number of hydrogen-bond donors (Lipinski definition) is 0. The third-order valence-corrected chi connectivity index (χ3v) is 2.21. The Labute approximate surface area is 69.2 Å². The summed E-state index contributed by atoms with van der Waals surface area (Å²) in [6.07, 6.45) is 0.0370. The molecule has 0 bridgehead atoms. The molecule has 0 aromatic carbocycles. The highest BCUT2D eigenvalue weighted by Gasteiger charge is 2.20. The van der Waals surface area contributed by atoms with E-state index in [0.717, 1.165) is 13.1 Å². The van der Waals surface area contributed by atoms with Gasteiger partial charge in [0, 0.05) is 0 Å². The summed E-state index contributed by atoms with van der Waals surface area (Å²) in [5.74, 6) is 0. The molecule has 0 fully saturated rings. The van der Waals surface area contributed by atoms with Gasteiger partial charge in [-0.25, -0.2) is 0 Å². The van der Waals surface area contributed by atoms with Crippen molar-refractivity contribution in [1.82, 2.24) is 9.62 Å². The van der Waals surface area contributed by atoms with E-state index >= 15 is 0 Å². The Morgan fingerprint density at radius 1 is 1.20 bits per heavy atom. The normalized spacial score (nSPS) is 11.1. The van der Waals surface area contributed by atoms with Gasteiger partial charge in [0.05, 0.1) is 0 Å². The Hall–Kier alpha value is 0.275. The van der Waals surface area contributed by atoms with Crippen LogP contribution in [0.25, 0.3) is 0 Å². The topological polar surface area (TPSA) is 6.48 Å². The predicted molar refractivity (Wildman–Crippen MR) is 48.2 cm³/mol. The summed E-state index contributed by atoms with van der Waals surface area (Å²) in [5, 5.41) is 0. The average Bonchev–Trinajstić information content (AvgIpc) is 1.90. The number of halogens is 1. The second kappa shape index (κ2) is 5.00. The summed E-state index contributed by atoms with van der Waals surface area (Å²) in [6.45, 7) is 6.23. The van der Waals surface area contributed by atoms with E-state index in [-0.39, 0.29) is 6.40 Å². The number of nitrogens with zero attached hydrogens (tertiary/aromatic N) is 2. The van der Waals surface area contributed by atoms with Gasteiger partial charge in [0.15, 0.2) is 0 Å². The molecule has 0 aromatic heterocycles. The molecule has 0 saturated carbocycles. The SMILES string of the molecule is CCN(CC)B(Cl)N(C)C. The van der Waals surface area contributed by atoms with Crippen molar-refractivity contribution in [2.24, 2.45) is 0 Å². The highest BCUT2D eigenvalue weighted by molar-refractivity contribution is 7.03. The molecule has 0 radical (unpaired) electrons. The van der Waals surface area contributed by atoms with Crippen molar-refractivity contribution in [3.8, 4) is 0 Å². The first kappa shape index (κ1) is 10.3. The average molecular weight is 162 g/mol. The third kappa shape index (κ3) is 2.91. The molecule has 0 aliphatic heterocycles. The molecule has 0 amide bonds. The smallest absolute Gasteiger partial charge is 0.320 e. The summed E-state index contributed by atoms with van der Waals surface area (Å²) in [6, 6.07) is 0. The van der Waals surface area contributed by atoms with E-state index in [1.54, 1.807) is 0 Å². The first-order chi connectivity index (χ1) is 4.63. The van der Waals surface area contributed by atoms with E-state index in [2.05, 4.69) is 18.7 Å². The highest BCUT2D eigenvalue weighted by Crippen LogP contribution is 2.00. The largest absolute Gasteiger partial charge is 0.418 e. The van der Waals surface area contributed by atoms with E-state index in [4.69, 9.17) is 11.5 Å². The van der Waals surface area contributed by atoms with Gasteiger partial charge < -0.3 is 9.62 Å². The molecule has 0 aliphatic carbocycles. The minimum Gasteiger partial charge on any atom is -0.320 e. The molecule has 4 heteroatoms. The van der Waals surface area contributed by atoms with Crippen LogP contribution in [-0.4, -0.2) is 43.2 Å². The van der Waals surface area contributed by atoms with E-state index < -0.39 is 0 Å². The van der Waals surface area contributed by atoms with Crippen LogP contribution in [0.1, 0.15) is 13.8 Å². The fraction of sp³-hybridized carbons (Fsp3) is 1.00. The molecule has 0 unspecified atom stereocenters. The Balaban J connectivity index is 3.76. The van der Waals surface area contributed by atoms with Gasteiger partial charge in [-0.05, 0) is 27.2 Å². The lowest BCUT2D eigenvalue weighted by Crippen LogP contribution is -2.45. The van der Waals surface area contributed by atoms with Crippen LogP contribution in [0, 0.1) is 0 Å². The quantitative estimate of drug-likeness (QED) is 0.572. The maximum Gasteiger partial charge on any atom is 0.418 e. The highest BCUT2D eigenvalue weighted by atomic mass is 35.5. The van der Waals surface area contributed by atoms with Crippen molar-refractivity contribution in [3.63, 3.8) is 0 Å². The molecule has 0 aliphatic rings. The van der Waals surface area contributed by atoms with Crippen molar-refractivity contribution < 1.29 is 0 Å². The first-order valence-electron chi connectivity index (χ1n) is 3.68. The standard InChI is InChI=1S/C6H16BClN2/c1-5-10(6-2)7(8)9(3)4/h5-6H2,1-4H3. The van der Waals surface area contributed by atoms with Gasteiger partial charge in [-0.15, -0.1) is 11.5 Å². The van der Waals surface area contributed by atoms with Crippen molar-refractivity contribution in [2.75, 3.05) is 27.2 Å². The Bertz CT molecular complexity index is 85.8. The van der Waals surface area contributed by atoms with Crippen LogP contribution in [0.3, 0.4) is 0 Å². The van der Waals surface area contributed by atoms with Gasteiger partial charge in [0.1, 0.15) is 0 Å². The van der Waals surface area contributed by atoms with Gasteiger partial charge in [-0.3, -0.25) is 0 Å². The van der Waals surface area contributed by atoms with Crippen LogP contribution in [0.4, 0.5) is 0 Å². The van der Waals surface area contributed by atoms with Crippen molar-refractivity contribution in [1.29, 1.82) is 0 Å². The van der Waals surface area contributed by atoms with Gasteiger partial charge in [0.2, 0.25) is 0 Å². The molecule has 10 heavy (non-hydrogen) atoms. The maximum absolute atomic E-state index is 6.03. The van der Waals surface area contributed by atoms with Gasteiger partial charge in [-0.1, -0.05) is 13.8 Å². The zero-order chi connectivity index (χ0) is 8.15. The summed E-state index contributed by atoms with van der Waals surface area (Å²) in [5.41, 5.74) is 0. The monoisotopic (exact) mass is 162 g/mol. The van der Waals surface area contributed by atoms with Crippen LogP contribution >= 0.6 is 11.5 Å². The molecule has 0 atom stereocenters. The minimum atomic E-state index is 0.0370. The van der Waals surface area contributed by atoms with Gasteiger partial charge in [0.25, 0.3) is 0 Å². The van der Waals surface area contributed by atoms with E-state index in [1.165, 1.54) is 0 Å². The lowest BCUT2D eigenvalue weighted by Gasteiger charge is -2.25. The predicted octanol–water partition coefficient (Wildman–Crippen LogP) is 1.11. The molecule has 0 rings (SSSR count). The molecular weight excluding hydrogens is 146 g/mol. The Kier molecular flexibility index (Phi) is 5.13. The molecule has 60 valence electrons. The van der Waals surface area contributed by atoms with Gasteiger partial charge >= 0.3 is 6.40 Å². The summed E-state index contributed by atoms with van der Waals surface area (Å²) in [7, 11) is 3.96. The van der Waals surface area contributed by atoms with Crippen LogP contribution in [0.5, 0.6) is 0 Å². The second-order valence-corrected chi connectivity index (χ2v) is 2.89. The van der Waals surface area contributed by atoms with Crippen LogP contribution < -0.4 is 0 Å². The molecule has 0 N–H and O–H groups in total. The third-order valence-electron chi connectivity index (χ3n) is 1.54. The molecule has 2 nitrogen and oxygen atoms in total. The second-order valence-electron chi connectivity index (χ2n) is 2.50. The van der Waals surface area contributed by atoms with Crippen LogP contribution in [0.2, 0.25) is 0 Å². The van der Waals surface area contributed by atoms with Crippen LogP contribution in [-0.2, 0) is 0 Å². The zero-order valence-electron chi connectivity index (χ0n) is 7.26. The molecule has 0 heterocycles. The summed E-state index contributed by atoms with van der Waals surface area (Å²) in [4.78, 5) is 4.18. The Morgan fingerprint density at radius 3 is 1.70 bits per heavy atom. The molecule has 0 spiro atoms. The molecular formula is C6H16BClN2. The number of rotatable bonds is 4. The maximum atomic E-state index is 6.03. The van der Waals surface area contributed by atoms with Crippen LogP contribution in [0.15, 0.2) is 0 Å².